The van der Waals surface area contributed by atoms with Gasteiger partial charge in [-0.1, -0.05) is 20.8 Å². The molecule has 2 aromatic carbocycles. The Morgan fingerprint density at radius 1 is 1.07 bits per heavy atom. The highest BCUT2D eigenvalue weighted by molar-refractivity contribution is 6.18. The van der Waals surface area contributed by atoms with E-state index in [4.69, 9.17) is 14.2 Å². The van der Waals surface area contributed by atoms with Gasteiger partial charge in [-0.25, -0.2) is 9.18 Å². The summed E-state index contributed by atoms with van der Waals surface area (Å²) >= 11 is 0. The van der Waals surface area contributed by atoms with Crippen molar-refractivity contribution < 1.29 is 28.2 Å². The number of carbonyl (C=O) groups is 2. The third kappa shape index (κ3) is 8.03. The largest absolute Gasteiger partial charge is 0.494 e. The number of aromatic amines is 1. The van der Waals surface area contributed by atoms with Crippen LogP contribution in [0.15, 0.2) is 48.7 Å². The first-order valence-electron chi connectivity index (χ1n) is 15.0. The van der Waals surface area contributed by atoms with Gasteiger partial charge in [-0.05, 0) is 81.8 Å². The van der Waals surface area contributed by atoms with Gasteiger partial charge in [0.25, 0.3) is 5.91 Å². The maximum absolute atomic E-state index is 14.1. The molecule has 0 radical (unpaired) electrons. The van der Waals surface area contributed by atoms with E-state index in [0.717, 1.165) is 50.1 Å². The lowest BCUT2D eigenvalue weighted by molar-refractivity contribution is -0.140. The van der Waals surface area contributed by atoms with Crippen LogP contribution in [0.1, 0.15) is 69.1 Å². The SMILES string of the molecule is CCCOCCN(C)CCCOc1ccc(C(=O)N2C=C(C(=O)OC(C)C)c3[nH]c4cc(F)ccc4c3C(C)(C)C2)cc1. The number of esters is 1. The Kier molecular flexibility index (Phi) is 10.6. The second kappa shape index (κ2) is 14.2. The van der Waals surface area contributed by atoms with Gasteiger partial charge in [0.2, 0.25) is 0 Å². The molecule has 8 nitrogen and oxygen atoms in total. The van der Waals surface area contributed by atoms with Crippen LogP contribution in [0.3, 0.4) is 0 Å². The summed E-state index contributed by atoms with van der Waals surface area (Å²) in [5.41, 5.74) is 2.09. The summed E-state index contributed by atoms with van der Waals surface area (Å²) in [5.74, 6) is -0.489. The number of likely N-dealkylation sites (N-methyl/N-ethyl adjacent to an activating group) is 1. The van der Waals surface area contributed by atoms with Crippen LogP contribution >= 0.6 is 0 Å². The third-order valence-electron chi connectivity index (χ3n) is 7.40. The topological polar surface area (TPSA) is 84.1 Å². The van der Waals surface area contributed by atoms with E-state index in [1.54, 1.807) is 55.3 Å². The minimum absolute atomic E-state index is 0.223. The molecule has 0 aliphatic carbocycles. The van der Waals surface area contributed by atoms with Crippen LogP contribution in [-0.4, -0.2) is 79.3 Å². The van der Waals surface area contributed by atoms with Crippen molar-refractivity contribution in [3.63, 3.8) is 0 Å². The Labute approximate surface area is 253 Å². The number of fused-ring (bicyclic) bond motifs is 3. The average Bonchev–Trinajstić information content (AvgIpc) is 3.29. The smallest absolute Gasteiger partial charge is 0.342 e. The van der Waals surface area contributed by atoms with Crippen LogP contribution in [0, 0.1) is 5.82 Å². The minimum atomic E-state index is -0.574. The third-order valence-corrected chi connectivity index (χ3v) is 7.40. The number of H-pyrrole nitrogens is 1. The van der Waals surface area contributed by atoms with Gasteiger partial charge in [-0.2, -0.15) is 0 Å². The van der Waals surface area contributed by atoms with E-state index >= 15 is 0 Å². The predicted octanol–water partition coefficient (Wildman–Crippen LogP) is 6.16. The number of rotatable bonds is 13. The van der Waals surface area contributed by atoms with E-state index < -0.39 is 11.4 Å². The Balaban J connectivity index is 1.49. The van der Waals surface area contributed by atoms with Gasteiger partial charge in [0.15, 0.2) is 0 Å². The van der Waals surface area contributed by atoms with Gasteiger partial charge >= 0.3 is 5.97 Å². The zero-order valence-corrected chi connectivity index (χ0v) is 26.2. The molecule has 1 N–H and O–H groups in total. The molecule has 1 amide bonds. The highest BCUT2D eigenvalue weighted by Gasteiger charge is 2.37. The number of hydrogen-bond acceptors (Lipinski definition) is 6. The summed E-state index contributed by atoms with van der Waals surface area (Å²) < 4.78 is 31.1. The Morgan fingerprint density at radius 3 is 2.51 bits per heavy atom. The fraction of sp³-hybridized carbons (Fsp3) is 0.471. The first-order valence-corrected chi connectivity index (χ1v) is 15.0. The van der Waals surface area contributed by atoms with E-state index in [0.29, 0.717) is 35.7 Å². The average molecular weight is 594 g/mol. The van der Waals surface area contributed by atoms with Gasteiger partial charge in [-0.15, -0.1) is 0 Å². The first kappa shape index (κ1) is 32.2. The first-order chi connectivity index (χ1) is 20.5. The molecular formula is C34H44FN3O5. The highest BCUT2D eigenvalue weighted by Crippen LogP contribution is 2.41. The van der Waals surface area contributed by atoms with Crippen molar-refractivity contribution in [1.82, 2.24) is 14.8 Å². The van der Waals surface area contributed by atoms with Crippen LogP contribution in [-0.2, 0) is 19.7 Å². The molecule has 43 heavy (non-hydrogen) atoms. The molecule has 0 saturated carbocycles. The van der Waals surface area contributed by atoms with Crippen molar-refractivity contribution in [3.8, 4) is 5.75 Å². The van der Waals surface area contributed by atoms with Crippen LogP contribution in [0.5, 0.6) is 5.75 Å². The maximum Gasteiger partial charge on any atom is 0.342 e. The normalized spacial score (nSPS) is 14.5. The summed E-state index contributed by atoms with van der Waals surface area (Å²) in [4.78, 5) is 34.1. The highest BCUT2D eigenvalue weighted by atomic mass is 19.1. The molecule has 1 aliphatic rings. The predicted molar refractivity (Wildman–Crippen MR) is 167 cm³/mol. The number of carbonyl (C=O) groups excluding carboxylic acids is 2. The number of nitrogens with zero attached hydrogens (tertiary/aromatic N) is 2. The summed E-state index contributed by atoms with van der Waals surface area (Å²) in [6, 6.07) is 11.6. The quantitative estimate of drug-likeness (QED) is 0.189. The summed E-state index contributed by atoms with van der Waals surface area (Å²) in [7, 11) is 2.07. The standard InChI is InChI=1S/C34H44FN3O5/c1-7-17-41-19-16-37(6)15-8-18-42-26-12-9-24(10-13-26)32(39)38-21-28(33(40)43-23(2)3)31-30(34(4,5)22-38)27-14-11-25(35)20-29(27)36-31/h9-14,20-21,23,36H,7-8,15-19,22H2,1-6H3. The molecule has 0 spiro atoms. The van der Waals surface area contributed by atoms with E-state index in [9.17, 15) is 14.0 Å². The molecule has 4 rings (SSSR count). The maximum atomic E-state index is 14.1. The fourth-order valence-corrected chi connectivity index (χ4v) is 5.37. The second-order valence-electron chi connectivity index (χ2n) is 12.0. The van der Waals surface area contributed by atoms with E-state index in [2.05, 4.69) is 23.9 Å². The van der Waals surface area contributed by atoms with Gasteiger partial charge in [-0.3, -0.25) is 4.79 Å². The summed E-state index contributed by atoms with van der Waals surface area (Å²) in [6.07, 6.45) is 3.10. The van der Waals surface area contributed by atoms with Crippen molar-refractivity contribution in [2.45, 2.75) is 59.0 Å². The zero-order chi connectivity index (χ0) is 31.1. The van der Waals surface area contributed by atoms with Gasteiger partial charge in [0.05, 0.1) is 30.6 Å². The molecule has 0 atom stereocenters. The number of benzene rings is 2. The molecule has 0 fully saturated rings. The monoisotopic (exact) mass is 593 g/mol. The molecule has 1 aromatic heterocycles. The Hall–Kier alpha value is -3.69. The number of halogens is 1. The molecule has 2 heterocycles. The minimum Gasteiger partial charge on any atom is -0.494 e. The van der Waals surface area contributed by atoms with Gasteiger partial charge in [0, 0.05) is 54.3 Å². The number of nitrogens with one attached hydrogen (secondary N) is 1. The van der Waals surface area contributed by atoms with Crippen molar-refractivity contribution in [2.75, 3.05) is 46.5 Å². The molecule has 9 heteroatoms. The van der Waals surface area contributed by atoms with E-state index in [-0.39, 0.29) is 23.4 Å². The molecule has 0 saturated heterocycles. The number of hydrogen-bond donors (Lipinski definition) is 1. The molecule has 0 bridgehead atoms. The molecular weight excluding hydrogens is 549 g/mol. The Bertz CT molecular complexity index is 1440. The lowest BCUT2D eigenvalue weighted by Gasteiger charge is -2.29. The van der Waals surface area contributed by atoms with Crippen molar-refractivity contribution >= 4 is 28.4 Å². The zero-order valence-electron chi connectivity index (χ0n) is 26.2. The van der Waals surface area contributed by atoms with Crippen LogP contribution < -0.4 is 4.74 Å². The lowest BCUT2D eigenvalue weighted by atomic mass is 9.81. The van der Waals surface area contributed by atoms with Crippen molar-refractivity contribution in [1.29, 1.82) is 0 Å². The van der Waals surface area contributed by atoms with E-state index in [1.807, 2.05) is 13.8 Å². The second-order valence-corrected chi connectivity index (χ2v) is 12.0. The van der Waals surface area contributed by atoms with Crippen molar-refractivity contribution in [2.24, 2.45) is 0 Å². The molecule has 0 unspecified atom stereocenters. The van der Waals surface area contributed by atoms with Gasteiger partial charge < -0.3 is 29.0 Å². The van der Waals surface area contributed by atoms with Crippen LogP contribution in [0.25, 0.3) is 16.5 Å². The van der Waals surface area contributed by atoms with Gasteiger partial charge in [0.1, 0.15) is 11.6 Å². The van der Waals surface area contributed by atoms with Crippen LogP contribution in [0.4, 0.5) is 4.39 Å². The Morgan fingerprint density at radius 2 is 1.81 bits per heavy atom. The summed E-state index contributed by atoms with van der Waals surface area (Å²) in [6.45, 7) is 13.8. The van der Waals surface area contributed by atoms with E-state index in [1.165, 1.54) is 12.1 Å². The number of amides is 1. The molecule has 232 valence electrons. The number of ether oxygens (including phenoxy) is 3. The summed E-state index contributed by atoms with van der Waals surface area (Å²) in [5, 5.41) is 0.802. The fourth-order valence-electron chi connectivity index (χ4n) is 5.37. The molecule has 1 aliphatic heterocycles. The number of aromatic nitrogens is 1. The molecule has 3 aromatic rings. The van der Waals surface area contributed by atoms with Crippen molar-refractivity contribution in [3.05, 3.63) is 71.3 Å². The van der Waals surface area contributed by atoms with Crippen LogP contribution in [0.2, 0.25) is 0 Å². The lowest BCUT2D eigenvalue weighted by Crippen LogP contribution is -2.36.